The fourth-order valence-corrected chi connectivity index (χ4v) is 3.46. The van der Waals surface area contributed by atoms with E-state index in [2.05, 4.69) is 0 Å². The van der Waals surface area contributed by atoms with Crippen molar-refractivity contribution in [1.82, 2.24) is 4.90 Å². The molecule has 4 nitrogen and oxygen atoms in total. The molecule has 1 aromatic rings. The van der Waals surface area contributed by atoms with Crippen molar-refractivity contribution >= 4 is 11.9 Å². The molecular weight excluding hydrogens is 304 g/mol. The molecule has 2 unspecified atom stereocenters. The van der Waals surface area contributed by atoms with E-state index in [9.17, 15) is 18.4 Å². The molecule has 2 fully saturated rings. The minimum atomic E-state index is -0.880. The Balaban J connectivity index is 1.57. The molecule has 2 atom stereocenters. The second-order valence-electron chi connectivity index (χ2n) is 6.46. The van der Waals surface area contributed by atoms with E-state index in [1.807, 2.05) is 0 Å². The van der Waals surface area contributed by atoms with Crippen molar-refractivity contribution in [2.24, 2.45) is 11.8 Å². The van der Waals surface area contributed by atoms with Crippen LogP contribution in [0.15, 0.2) is 18.2 Å². The fourth-order valence-electron chi connectivity index (χ4n) is 3.46. The van der Waals surface area contributed by atoms with Crippen LogP contribution < -0.4 is 0 Å². The summed E-state index contributed by atoms with van der Waals surface area (Å²) in [7, 11) is 0. The summed E-state index contributed by atoms with van der Waals surface area (Å²) in [6.45, 7) is 1.09. The number of hydrogen-bond donors (Lipinski definition) is 1. The van der Waals surface area contributed by atoms with Gasteiger partial charge >= 0.3 is 5.97 Å². The Kier molecular flexibility index (Phi) is 4.33. The van der Waals surface area contributed by atoms with Crippen LogP contribution in [-0.2, 0) is 9.59 Å². The number of carbonyl (C=O) groups is 2. The molecule has 0 radical (unpaired) electrons. The summed E-state index contributed by atoms with van der Waals surface area (Å²) in [5.74, 6) is -2.96. The predicted molar refractivity (Wildman–Crippen MR) is 78.8 cm³/mol. The van der Waals surface area contributed by atoms with E-state index in [1.165, 1.54) is 12.1 Å². The topological polar surface area (TPSA) is 57.6 Å². The van der Waals surface area contributed by atoms with Gasteiger partial charge in [0, 0.05) is 25.4 Å². The SMILES string of the molecule is O=C(O)CC1CCN(C(=O)C2CC2c2cccc(F)c2F)CC1. The van der Waals surface area contributed by atoms with E-state index in [-0.39, 0.29) is 35.6 Å². The summed E-state index contributed by atoms with van der Waals surface area (Å²) in [6.07, 6.45) is 2.06. The Morgan fingerprint density at radius 2 is 1.91 bits per heavy atom. The van der Waals surface area contributed by atoms with Crippen LogP contribution in [0.25, 0.3) is 0 Å². The molecule has 0 spiro atoms. The van der Waals surface area contributed by atoms with Gasteiger partial charge in [0.05, 0.1) is 0 Å². The summed E-state index contributed by atoms with van der Waals surface area (Å²) in [5, 5.41) is 8.80. The molecule has 1 saturated heterocycles. The van der Waals surface area contributed by atoms with Crippen molar-refractivity contribution in [3.63, 3.8) is 0 Å². The molecule has 1 amide bonds. The van der Waals surface area contributed by atoms with Gasteiger partial charge < -0.3 is 10.0 Å². The number of carbonyl (C=O) groups excluding carboxylic acids is 1. The molecule has 0 bridgehead atoms. The normalized spacial score (nSPS) is 24.5. The zero-order chi connectivity index (χ0) is 16.6. The van der Waals surface area contributed by atoms with Crippen molar-refractivity contribution < 1.29 is 23.5 Å². The third-order valence-electron chi connectivity index (χ3n) is 4.88. The van der Waals surface area contributed by atoms with Gasteiger partial charge in [-0.15, -0.1) is 0 Å². The molecule has 124 valence electrons. The quantitative estimate of drug-likeness (QED) is 0.927. The number of likely N-dealkylation sites (tertiary alicyclic amines) is 1. The van der Waals surface area contributed by atoms with Gasteiger partial charge in [0.25, 0.3) is 0 Å². The average molecular weight is 323 g/mol. The summed E-state index contributed by atoms with van der Waals surface area (Å²) in [4.78, 5) is 24.9. The Hall–Kier alpha value is -1.98. The van der Waals surface area contributed by atoms with Crippen LogP contribution in [0.4, 0.5) is 8.78 Å². The number of rotatable bonds is 4. The summed E-state index contributed by atoms with van der Waals surface area (Å²) >= 11 is 0. The Morgan fingerprint density at radius 3 is 2.57 bits per heavy atom. The van der Waals surface area contributed by atoms with Crippen LogP contribution in [-0.4, -0.2) is 35.0 Å². The number of amides is 1. The van der Waals surface area contributed by atoms with E-state index >= 15 is 0 Å². The molecule has 1 aromatic carbocycles. The average Bonchev–Trinajstić information content (AvgIpc) is 3.30. The number of nitrogens with zero attached hydrogens (tertiary/aromatic N) is 1. The van der Waals surface area contributed by atoms with Gasteiger partial charge in [-0.25, -0.2) is 8.78 Å². The fraction of sp³-hybridized carbons (Fsp3) is 0.529. The van der Waals surface area contributed by atoms with Crippen molar-refractivity contribution in [3.05, 3.63) is 35.4 Å². The number of carboxylic acid groups (broad SMARTS) is 1. The lowest BCUT2D eigenvalue weighted by molar-refractivity contribution is -0.138. The van der Waals surface area contributed by atoms with Crippen LogP contribution in [0.5, 0.6) is 0 Å². The van der Waals surface area contributed by atoms with Crippen molar-refractivity contribution in [2.75, 3.05) is 13.1 Å². The molecule has 3 rings (SSSR count). The highest BCUT2D eigenvalue weighted by Crippen LogP contribution is 2.49. The highest BCUT2D eigenvalue weighted by molar-refractivity contribution is 5.83. The summed E-state index contributed by atoms with van der Waals surface area (Å²) < 4.78 is 27.1. The minimum Gasteiger partial charge on any atom is -0.481 e. The number of piperidine rings is 1. The first-order valence-electron chi connectivity index (χ1n) is 7.92. The van der Waals surface area contributed by atoms with Gasteiger partial charge in [0.1, 0.15) is 0 Å². The van der Waals surface area contributed by atoms with Crippen LogP contribution in [0.1, 0.15) is 37.2 Å². The molecule has 2 aliphatic rings. The highest BCUT2D eigenvalue weighted by atomic mass is 19.2. The molecule has 1 aliphatic heterocycles. The minimum absolute atomic E-state index is 0.0209. The maximum absolute atomic E-state index is 13.8. The van der Waals surface area contributed by atoms with Crippen LogP contribution in [0, 0.1) is 23.5 Å². The number of benzene rings is 1. The van der Waals surface area contributed by atoms with Crippen LogP contribution >= 0.6 is 0 Å². The van der Waals surface area contributed by atoms with Crippen molar-refractivity contribution in [3.8, 4) is 0 Å². The zero-order valence-corrected chi connectivity index (χ0v) is 12.7. The summed E-state index contributed by atoms with van der Waals surface area (Å²) in [5.41, 5.74) is 0.282. The smallest absolute Gasteiger partial charge is 0.303 e. The second-order valence-corrected chi connectivity index (χ2v) is 6.46. The molecule has 1 aliphatic carbocycles. The number of aliphatic carboxylic acids is 1. The molecule has 23 heavy (non-hydrogen) atoms. The van der Waals surface area contributed by atoms with E-state index < -0.39 is 17.6 Å². The van der Waals surface area contributed by atoms with E-state index in [0.29, 0.717) is 32.4 Å². The number of hydrogen-bond acceptors (Lipinski definition) is 2. The molecule has 1 saturated carbocycles. The van der Waals surface area contributed by atoms with Crippen LogP contribution in [0.2, 0.25) is 0 Å². The first-order chi connectivity index (χ1) is 11.0. The molecule has 0 aromatic heterocycles. The number of halogens is 2. The maximum Gasteiger partial charge on any atom is 0.303 e. The molecule has 1 heterocycles. The van der Waals surface area contributed by atoms with Gasteiger partial charge in [-0.2, -0.15) is 0 Å². The van der Waals surface area contributed by atoms with E-state index in [0.717, 1.165) is 6.07 Å². The molecule has 1 N–H and O–H groups in total. The second kappa shape index (κ2) is 6.26. The lowest BCUT2D eigenvalue weighted by atomic mass is 9.93. The third kappa shape index (κ3) is 3.35. The van der Waals surface area contributed by atoms with Gasteiger partial charge in [-0.1, -0.05) is 12.1 Å². The lowest BCUT2D eigenvalue weighted by Gasteiger charge is -2.31. The predicted octanol–water partition coefficient (Wildman–Crippen LogP) is 2.78. The lowest BCUT2D eigenvalue weighted by Crippen LogP contribution is -2.40. The van der Waals surface area contributed by atoms with Crippen LogP contribution in [0.3, 0.4) is 0 Å². The monoisotopic (exact) mass is 323 g/mol. The van der Waals surface area contributed by atoms with Gasteiger partial charge in [0.15, 0.2) is 11.6 Å². The van der Waals surface area contributed by atoms with Gasteiger partial charge in [0.2, 0.25) is 5.91 Å². The largest absolute Gasteiger partial charge is 0.481 e. The highest BCUT2D eigenvalue weighted by Gasteiger charge is 2.47. The summed E-state index contributed by atoms with van der Waals surface area (Å²) in [6, 6.07) is 4.08. The van der Waals surface area contributed by atoms with E-state index in [4.69, 9.17) is 5.11 Å². The van der Waals surface area contributed by atoms with Crippen molar-refractivity contribution in [1.29, 1.82) is 0 Å². The third-order valence-corrected chi connectivity index (χ3v) is 4.88. The Bertz CT molecular complexity index is 626. The van der Waals surface area contributed by atoms with Gasteiger partial charge in [-0.05, 0) is 42.7 Å². The Labute approximate surface area is 133 Å². The first-order valence-corrected chi connectivity index (χ1v) is 7.92. The maximum atomic E-state index is 13.8. The standard InChI is InChI=1S/C17H19F2NO3/c18-14-3-1-2-11(16(14)19)12-9-13(12)17(23)20-6-4-10(5-7-20)8-15(21)22/h1-3,10,12-13H,4-9H2,(H,21,22). The molecule has 6 heteroatoms. The first kappa shape index (κ1) is 15.9. The zero-order valence-electron chi connectivity index (χ0n) is 12.7. The van der Waals surface area contributed by atoms with Crippen molar-refractivity contribution in [2.45, 2.75) is 31.6 Å². The number of carboxylic acids is 1. The molecular formula is C17H19F2NO3. The van der Waals surface area contributed by atoms with E-state index in [1.54, 1.807) is 4.90 Å². The Morgan fingerprint density at radius 1 is 1.22 bits per heavy atom. The van der Waals surface area contributed by atoms with Gasteiger partial charge in [-0.3, -0.25) is 9.59 Å².